The van der Waals surface area contributed by atoms with E-state index in [9.17, 15) is 28.1 Å². The summed E-state index contributed by atoms with van der Waals surface area (Å²) >= 11 is 0. The summed E-state index contributed by atoms with van der Waals surface area (Å²) in [5.41, 5.74) is 0.584. The third-order valence-electron chi connectivity index (χ3n) is 4.12. The number of urea groups is 1. The standard InChI is InChI=1S/C20H25N5O6S/c1-14(2)13-22-19(26)15-6-8-16(9-7-15)24-20(27)21-10-11-23-32(30,31)18-5-3-4-17(12-18)25(28)29/h3-9,12,14,23H,10-11,13H2,1-2H3,(H,22,26)(H2,21,24,27). The summed E-state index contributed by atoms with van der Waals surface area (Å²) in [5, 5.41) is 18.6. The van der Waals surface area contributed by atoms with E-state index < -0.39 is 21.0 Å². The monoisotopic (exact) mass is 463 g/mol. The molecule has 0 heterocycles. The number of hydrogen-bond donors (Lipinski definition) is 4. The smallest absolute Gasteiger partial charge is 0.319 e. The normalized spacial score (nSPS) is 11.1. The van der Waals surface area contributed by atoms with Gasteiger partial charge in [-0.3, -0.25) is 14.9 Å². The van der Waals surface area contributed by atoms with Crippen LogP contribution in [-0.4, -0.2) is 44.9 Å². The zero-order valence-electron chi connectivity index (χ0n) is 17.6. The third-order valence-corrected chi connectivity index (χ3v) is 5.58. The second-order valence-corrected chi connectivity index (χ2v) is 8.98. The highest BCUT2D eigenvalue weighted by atomic mass is 32.2. The number of nitro benzene ring substituents is 1. The molecule has 0 saturated carbocycles. The molecular formula is C20H25N5O6S. The van der Waals surface area contributed by atoms with Crippen molar-refractivity contribution in [1.82, 2.24) is 15.4 Å². The number of amides is 3. The van der Waals surface area contributed by atoms with Crippen molar-refractivity contribution in [2.75, 3.05) is 25.0 Å². The number of nitro groups is 1. The van der Waals surface area contributed by atoms with Crippen LogP contribution in [0.4, 0.5) is 16.2 Å². The first kappa shape index (κ1) is 24.8. The number of non-ortho nitro benzene ring substituents is 1. The summed E-state index contributed by atoms with van der Waals surface area (Å²) in [6, 6.07) is 10.4. The van der Waals surface area contributed by atoms with Crippen molar-refractivity contribution < 1.29 is 22.9 Å². The first-order valence-electron chi connectivity index (χ1n) is 9.75. The second-order valence-electron chi connectivity index (χ2n) is 7.21. The number of benzene rings is 2. The van der Waals surface area contributed by atoms with Crippen LogP contribution in [0.3, 0.4) is 0 Å². The van der Waals surface area contributed by atoms with Crippen molar-refractivity contribution in [2.45, 2.75) is 18.7 Å². The van der Waals surface area contributed by atoms with Gasteiger partial charge in [0, 0.05) is 43.0 Å². The molecule has 0 fully saturated rings. The van der Waals surface area contributed by atoms with Crippen LogP contribution in [0.2, 0.25) is 0 Å². The molecule has 0 aromatic heterocycles. The highest BCUT2D eigenvalue weighted by Crippen LogP contribution is 2.16. The van der Waals surface area contributed by atoms with Crippen molar-refractivity contribution in [2.24, 2.45) is 5.92 Å². The van der Waals surface area contributed by atoms with Gasteiger partial charge < -0.3 is 16.0 Å². The van der Waals surface area contributed by atoms with Crippen LogP contribution in [0, 0.1) is 16.0 Å². The number of carbonyl (C=O) groups excluding carboxylic acids is 2. The Hall–Kier alpha value is -3.51. The zero-order valence-corrected chi connectivity index (χ0v) is 18.4. The molecule has 0 bridgehead atoms. The average molecular weight is 464 g/mol. The fourth-order valence-electron chi connectivity index (χ4n) is 2.49. The number of nitrogens with zero attached hydrogens (tertiary/aromatic N) is 1. The topological polar surface area (TPSA) is 160 Å². The van der Waals surface area contributed by atoms with Gasteiger partial charge in [-0.2, -0.15) is 0 Å². The lowest BCUT2D eigenvalue weighted by molar-refractivity contribution is -0.385. The van der Waals surface area contributed by atoms with Gasteiger partial charge in [0.15, 0.2) is 0 Å². The SMILES string of the molecule is CC(C)CNC(=O)c1ccc(NC(=O)NCCNS(=O)(=O)c2cccc([N+](=O)[O-])c2)cc1. The summed E-state index contributed by atoms with van der Waals surface area (Å²) in [6.07, 6.45) is 0. The predicted octanol–water partition coefficient (Wildman–Crippen LogP) is 2.08. The van der Waals surface area contributed by atoms with E-state index in [0.717, 1.165) is 6.07 Å². The maximum absolute atomic E-state index is 12.2. The highest BCUT2D eigenvalue weighted by Gasteiger charge is 2.17. The van der Waals surface area contributed by atoms with Gasteiger partial charge in [0.25, 0.3) is 11.6 Å². The van der Waals surface area contributed by atoms with Gasteiger partial charge in [0.05, 0.1) is 9.82 Å². The molecule has 0 aliphatic rings. The average Bonchev–Trinajstić information content (AvgIpc) is 2.75. The second kappa shape index (κ2) is 11.2. The van der Waals surface area contributed by atoms with Crippen LogP contribution in [0.25, 0.3) is 0 Å². The number of carbonyl (C=O) groups is 2. The molecule has 0 unspecified atom stereocenters. The largest absolute Gasteiger partial charge is 0.352 e. The Morgan fingerprint density at radius 1 is 1.03 bits per heavy atom. The Labute approximate surface area is 185 Å². The fraction of sp³-hybridized carbons (Fsp3) is 0.300. The third kappa shape index (κ3) is 7.63. The molecule has 2 rings (SSSR count). The van der Waals surface area contributed by atoms with Crippen LogP contribution in [0.5, 0.6) is 0 Å². The van der Waals surface area contributed by atoms with Crippen molar-refractivity contribution in [3.63, 3.8) is 0 Å². The van der Waals surface area contributed by atoms with Crippen molar-refractivity contribution >= 4 is 33.3 Å². The van der Waals surface area contributed by atoms with E-state index in [1.165, 1.54) is 18.2 Å². The van der Waals surface area contributed by atoms with Gasteiger partial charge in [-0.25, -0.2) is 17.9 Å². The Bertz CT molecular complexity index is 1070. The number of sulfonamides is 1. The molecule has 172 valence electrons. The molecule has 0 saturated heterocycles. The minimum Gasteiger partial charge on any atom is -0.352 e. The molecule has 32 heavy (non-hydrogen) atoms. The number of hydrogen-bond acceptors (Lipinski definition) is 6. The molecule has 4 N–H and O–H groups in total. The van der Waals surface area contributed by atoms with E-state index in [1.54, 1.807) is 24.3 Å². The summed E-state index contributed by atoms with van der Waals surface area (Å²) in [6.45, 7) is 4.41. The Morgan fingerprint density at radius 2 is 1.72 bits per heavy atom. The van der Waals surface area contributed by atoms with Crippen LogP contribution >= 0.6 is 0 Å². The molecule has 0 spiro atoms. The Balaban J connectivity index is 1.79. The van der Waals surface area contributed by atoms with Gasteiger partial charge in [0.2, 0.25) is 10.0 Å². The van der Waals surface area contributed by atoms with Crippen LogP contribution in [-0.2, 0) is 10.0 Å². The van der Waals surface area contributed by atoms with Gasteiger partial charge >= 0.3 is 6.03 Å². The minimum absolute atomic E-state index is 0.0182. The lowest BCUT2D eigenvalue weighted by Crippen LogP contribution is -2.36. The van der Waals surface area contributed by atoms with E-state index in [4.69, 9.17) is 0 Å². The molecule has 2 aromatic rings. The number of nitrogens with one attached hydrogen (secondary N) is 4. The number of anilines is 1. The minimum atomic E-state index is -3.96. The van der Waals surface area contributed by atoms with E-state index >= 15 is 0 Å². The summed E-state index contributed by atoms with van der Waals surface area (Å²) in [5.74, 6) is 0.130. The molecule has 3 amide bonds. The van der Waals surface area contributed by atoms with E-state index in [1.807, 2.05) is 13.8 Å². The van der Waals surface area contributed by atoms with Crippen LogP contribution in [0.1, 0.15) is 24.2 Å². The lowest BCUT2D eigenvalue weighted by atomic mass is 10.1. The van der Waals surface area contributed by atoms with E-state index in [-0.39, 0.29) is 29.6 Å². The summed E-state index contributed by atoms with van der Waals surface area (Å²) in [7, 11) is -3.96. The van der Waals surface area contributed by atoms with Crippen molar-refractivity contribution in [1.29, 1.82) is 0 Å². The van der Waals surface area contributed by atoms with Crippen molar-refractivity contribution in [3.05, 3.63) is 64.2 Å². The fourth-order valence-corrected chi connectivity index (χ4v) is 3.56. The van der Waals surface area contributed by atoms with Crippen LogP contribution < -0.4 is 20.7 Å². The van der Waals surface area contributed by atoms with Crippen molar-refractivity contribution in [3.8, 4) is 0 Å². The molecule has 0 atom stereocenters. The molecule has 0 aliphatic carbocycles. The molecular weight excluding hydrogens is 438 g/mol. The Morgan fingerprint density at radius 3 is 2.34 bits per heavy atom. The summed E-state index contributed by atoms with van der Waals surface area (Å²) in [4.78, 5) is 33.8. The quantitative estimate of drug-likeness (QED) is 0.240. The first-order chi connectivity index (χ1) is 15.1. The lowest BCUT2D eigenvalue weighted by Gasteiger charge is -2.10. The van der Waals surface area contributed by atoms with Gasteiger partial charge in [-0.15, -0.1) is 0 Å². The highest BCUT2D eigenvalue weighted by molar-refractivity contribution is 7.89. The maximum atomic E-state index is 12.2. The summed E-state index contributed by atoms with van der Waals surface area (Å²) < 4.78 is 26.7. The van der Waals surface area contributed by atoms with E-state index in [0.29, 0.717) is 23.7 Å². The molecule has 11 nitrogen and oxygen atoms in total. The number of rotatable bonds is 10. The molecule has 12 heteroatoms. The molecule has 2 aromatic carbocycles. The van der Waals surface area contributed by atoms with Gasteiger partial charge in [0.1, 0.15) is 0 Å². The molecule has 0 aliphatic heterocycles. The first-order valence-corrected chi connectivity index (χ1v) is 11.2. The predicted molar refractivity (Wildman–Crippen MR) is 119 cm³/mol. The van der Waals surface area contributed by atoms with Gasteiger partial charge in [-0.05, 0) is 36.2 Å². The zero-order chi connectivity index (χ0) is 23.7. The van der Waals surface area contributed by atoms with Gasteiger partial charge in [-0.1, -0.05) is 19.9 Å². The maximum Gasteiger partial charge on any atom is 0.319 e. The van der Waals surface area contributed by atoms with E-state index in [2.05, 4.69) is 20.7 Å². The Kier molecular flexibility index (Phi) is 8.67. The molecule has 0 radical (unpaired) electrons. The van der Waals surface area contributed by atoms with Crippen LogP contribution in [0.15, 0.2) is 53.4 Å².